The standard InChI is InChI=1S/C21H21ClNOP/c22-15-16-23-21-14-8-7-9-18(21)17-25(24,19-10-3-1-4-11-19)20-12-5-2-6-13-20/h1-14,23H,15-17H2. The van der Waals surface area contributed by atoms with Crippen LogP contribution in [-0.4, -0.2) is 12.4 Å². The quantitative estimate of drug-likeness (QED) is 0.476. The summed E-state index contributed by atoms with van der Waals surface area (Å²) in [6.07, 6.45) is 0.479. The van der Waals surface area contributed by atoms with E-state index in [1.165, 1.54) is 0 Å². The number of alkyl halides is 1. The van der Waals surface area contributed by atoms with Gasteiger partial charge in [-0.3, -0.25) is 0 Å². The lowest BCUT2D eigenvalue weighted by atomic mass is 10.2. The van der Waals surface area contributed by atoms with E-state index in [9.17, 15) is 4.57 Å². The molecule has 4 heteroatoms. The van der Waals surface area contributed by atoms with Crippen LogP contribution in [0.5, 0.6) is 0 Å². The predicted molar refractivity (Wildman–Crippen MR) is 109 cm³/mol. The van der Waals surface area contributed by atoms with Gasteiger partial charge in [-0.15, -0.1) is 11.6 Å². The van der Waals surface area contributed by atoms with E-state index in [1.807, 2.05) is 84.9 Å². The number of anilines is 1. The molecule has 3 rings (SSSR count). The monoisotopic (exact) mass is 369 g/mol. The Morgan fingerprint density at radius 3 is 1.84 bits per heavy atom. The molecule has 0 aliphatic rings. The highest BCUT2D eigenvalue weighted by Gasteiger charge is 2.28. The van der Waals surface area contributed by atoms with E-state index in [0.717, 1.165) is 21.9 Å². The highest BCUT2D eigenvalue weighted by molar-refractivity contribution is 7.78. The first-order valence-corrected chi connectivity index (χ1v) is 10.7. The molecule has 0 aromatic heterocycles. The molecule has 0 saturated carbocycles. The minimum atomic E-state index is -2.78. The van der Waals surface area contributed by atoms with Crippen LogP contribution in [0, 0.1) is 0 Å². The Morgan fingerprint density at radius 1 is 0.760 bits per heavy atom. The Bertz CT molecular complexity index is 809. The summed E-state index contributed by atoms with van der Waals surface area (Å²) in [5.74, 6) is 0.531. The molecular weight excluding hydrogens is 349 g/mol. The van der Waals surface area contributed by atoms with Gasteiger partial charge in [-0.05, 0) is 11.6 Å². The minimum absolute atomic E-state index is 0.479. The van der Waals surface area contributed by atoms with Crippen LogP contribution in [-0.2, 0) is 10.7 Å². The third-order valence-electron chi connectivity index (χ3n) is 4.17. The SMILES string of the molecule is O=P(Cc1ccccc1NCCCl)(c1ccccc1)c1ccccc1. The van der Waals surface area contributed by atoms with Gasteiger partial charge in [0.05, 0.1) is 0 Å². The molecule has 0 unspecified atom stereocenters. The van der Waals surface area contributed by atoms with Crippen molar-refractivity contribution in [3.05, 3.63) is 90.5 Å². The fourth-order valence-electron chi connectivity index (χ4n) is 2.92. The van der Waals surface area contributed by atoms with Crippen molar-refractivity contribution < 1.29 is 4.57 Å². The first-order chi connectivity index (χ1) is 12.2. The number of para-hydroxylation sites is 1. The molecular formula is C21H21ClNOP. The third kappa shape index (κ3) is 4.15. The normalized spacial score (nSPS) is 11.2. The molecule has 3 aromatic carbocycles. The van der Waals surface area contributed by atoms with Crippen molar-refractivity contribution in [2.24, 2.45) is 0 Å². The maximum absolute atomic E-state index is 14.2. The van der Waals surface area contributed by atoms with Gasteiger partial charge in [0, 0.05) is 34.9 Å². The van der Waals surface area contributed by atoms with E-state index in [0.29, 0.717) is 18.6 Å². The number of hydrogen-bond acceptors (Lipinski definition) is 2. The Labute approximate surface area is 154 Å². The van der Waals surface area contributed by atoms with Crippen LogP contribution in [0.4, 0.5) is 5.69 Å². The molecule has 0 spiro atoms. The molecule has 0 atom stereocenters. The Balaban J connectivity index is 2.05. The lowest BCUT2D eigenvalue weighted by Gasteiger charge is -2.21. The second kappa shape index (κ2) is 8.38. The molecule has 0 heterocycles. The van der Waals surface area contributed by atoms with Gasteiger partial charge >= 0.3 is 0 Å². The third-order valence-corrected chi connectivity index (χ3v) is 7.41. The smallest absolute Gasteiger partial charge is 0.147 e. The van der Waals surface area contributed by atoms with E-state index in [-0.39, 0.29) is 0 Å². The summed E-state index contributed by atoms with van der Waals surface area (Å²) in [6.45, 7) is 0.680. The van der Waals surface area contributed by atoms with Gasteiger partial charge in [-0.2, -0.15) is 0 Å². The first-order valence-electron chi connectivity index (χ1n) is 8.32. The maximum atomic E-state index is 14.2. The van der Waals surface area contributed by atoms with Crippen molar-refractivity contribution in [1.82, 2.24) is 0 Å². The molecule has 2 nitrogen and oxygen atoms in total. The number of rotatable bonds is 7. The summed E-state index contributed by atoms with van der Waals surface area (Å²) in [7, 11) is -2.78. The fraction of sp³-hybridized carbons (Fsp3) is 0.143. The molecule has 25 heavy (non-hydrogen) atoms. The Morgan fingerprint density at radius 2 is 1.28 bits per heavy atom. The van der Waals surface area contributed by atoms with E-state index in [1.54, 1.807) is 0 Å². The van der Waals surface area contributed by atoms with Crippen LogP contribution in [0.3, 0.4) is 0 Å². The first kappa shape index (κ1) is 17.8. The van der Waals surface area contributed by atoms with E-state index >= 15 is 0 Å². The topological polar surface area (TPSA) is 29.1 Å². The molecule has 0 aliphatic carbocycles. The fourth-order valence-corrected chi connectivity index (χ4v) is 5.74. The van der Waals surface area contributed by atoms with Crippen LogP contribution >= 0.6 is 18.7 Å². The van der Waals surface area contributed by atoms with Gasteiger partial charge < -0.3 is 9.88 Å². The molecule has 1 N–H and O–H groups in total. The summed E-state index contributed by atoms with van der Waals surface area (Å²) in [4.78, 5) is 0. The summed E-state index contributed by atoms with van der Waals surface area (Å²) < 4.78 is 14.2. The highest BCUT2D eigenvalue weighted by atomic mass is 35.5. The number of nitrogens with one attached hydrogen (secondary N) is 1. The van der Waals surface area contributed by atoms with Crippen LogP contribution in [0.2, 0.25) is 0 Å². The average Bonchev–Trinajstić information content (AvgIpc) is 2.68. The van der Waals surface area contributed by atoms with Crippen molar-refractivity contribution >= 4 is 35.0 Å². The zero-order valence-electron chi connectivity index (χ0n) is 13.9. The maximum Gasteiger partial charge on any atom is 0.147 e. The van der Waals surface area contributed by atoms with E-state index < -0.39 is 7.14 Å². The van der Waals surface area contributed by atoms with Crippen LogP contribution in [0.1, 0.15) is 5.56 Å². The second-order valence-electron chi connectivity index (χ2n) is 5.84. The lowest BCUT2D eigenvalue weighted by Crippen LogP contribution is -2.18. The molecule has 0 amide bonds. The number of halogens is 1. The van der Waals surface area contributed by atoms with Gasteiger partial charge in [0.1, 0.15) is 7.14 Å². The summed E-state index contributed by atoms with van der Waals surface area (Å²) in [5.41, 5.74) is 2.04. The Kier molecular flexibility index (Phi) is 5.96. The lowest BCUT2D eigenvalue weighted by molar-refractivity contribution is 0.586. The average molecular weight is 370 g/mol. The molecule has 0 fully saturated rings. The molecule has 0 bridgehead atoms. The van der Waals surface area contributed by atoms with Gasteiger partial charge in [0.2, 0.25) is 0 Å². The molecule has 0 radical (unpaired) electrons. The van der Waals surface area contributed by atoms with Crippen LogP contribution in [0.25, 0.3) is 0 Å². The van der Waals surface area contributed by atoms with Crippen molar-refractivity contribution in [3.8, 4) is 0 Å². The summed E-state index contributed by atoms with van der Waals surface area (Å²) >= 11 is 5.81. The van der Waals surface area contributed by atoms with Crippen molar-refractivity contribution in [2.45, 2.75) is 6.16 Å². The van der Waals surface area contributed by atoms with Crippen molar-refractivity contribution in [1.29, 1.82) is 0 Å². The second-order valence-corrected chi connectivity index (χ2v) is 9.05. The van der Waals surface area contributed by atoms with E-state index in [2.05, 4.69) is 5.32 Å². The van der Waals surface area contributed by atoms with Crippen LogP contribution < -0.4 is 15.9 Å². The van der Waals surface area contributed by atoms with Gasteiger partial charge in [-0.1, -0.05) is 78.9 Å². The molecule has 128 valence electrons. The Hall–Kier alpha value is -2.02. The van der Waals surface area contributed by atoms with Gasteiger partial charge in [0.25, 0.3) is 0 Å². The van der Waals surface area contributed by atoms with Gasteiger partial charge in [-0.25, -0.2) is 0 Å². The predicted octanol–water partition coefficient (Wildman–Crippen LogP) is 4.85. The van der Waals surface area contributed by atoms with Crippen molar-refractivity contribution in [2.75, 3.05) is 17.7 Å². The zero-order valence-corrected chi connectivity index (χ0v) is 15.6. The zero-order chi connectivity index (χ0) is 17.5. The number of benzene rings is 3. The minimum Gasteiger partial charge on any atom is -0.384 e. The summed E-state index contributed by atoms with van der Waals surface area (Å²) in [6, 6.07) is 27.6. The van der Waals surface area contributed by atoms with Crippen LogP contribution in [0.15, 0.2) is 84.9 Å². The van der Waals surface area contributed by atoms with Crippen molar-refractivity contribution in [3.63, 3.8) is 0 Å². The largest absolute Gasteiger partial charge is 0.384 e. The van der Waals surface area contributed by atoms with Gasteiger partial charge in [0.15, 0.2) is 0 Å². The summed E-state index contributed by atoms with van der Waals surface area (Å²) in [5, 5.41) is 5.10. The molecule has 0 saturated heterocycles. The molecule has 0 aliphatic heterocycles. The highest BCUT2D eigenvalue weighted by Crippen LogP contribution is 2.47. The van der Waals surface area contributed by atoms with E-state index in [4.69, 9.17) is 11.6 Å². The molecule has 3 aromatic rings. The number of hydrogen-bond donors (Lipinski definition) is 1.